The lowest BCUT2D eigenvalue weighted by Gasteiger charge is -2.21. The van der Waals surface area contributed by atoms with Crippen LogP contribution in [0.25, 0.3) is 0 Å². The van der Waals surface area contributed by atoms with Crippen molar-refractivity contribution in [3.8, 4) is 0 Å². The Balaban J connectivity index is 2.27. The van der Waals surface area contributed by atoms with Gasteiger partial charge in [0.1, 0.15) is 5.76 Å². The first kappa shape index (κ1) is 12.6. The fourth-order valence-corrected chi connectivity index (χ4v) is 1.78. The lowest BCUT2D eigenvalue weighted by atomic mass is 10.2. The van der Waals surface area contributed by atoms with E-state index in [1.807, 2.05) is 24.0 Å². The molecular formula is C13H16FN3O. The number of anilines is 1. The van der Waals surface area contributed by atoms with E-state index in [0.29, 0.717) is 24.5 Å². The summed E-state index contributed by atoms with van der Waals surface area (Å²) in [5, 5.41) is 0. The Morgan fingerprint density at radius 2 is 2.28 bits per heavy atom. The second-order valence-electron chi connectivity index (χ2n) is 3.91. The van der Waals surface area contributed by atoms with Crippen molar-refractivity contribution in [3.05, 3.63) is 47.8 Å². The summed E-state index contributed by atoms with van der Waals surface area (Å²) >= 11 is 0. The maximum Gasteiger partial charge on any atom is 0.170 e. The first-order valence-electron chi connectivity index (χ1n) is 5.87. The second-order valence-corrected chi connectivity index (χ2v) is 3.91. The highest BCUT2D eigenvalue weighted by atomic mass is 19.1. The van der Waals surface area contributed by atoms with Gasteiger partial charge in [-0.1, -0.05) is 0 Å². The van der Waals surface area contributed by atoms with Crippen LogP contribution in [-0.2, 0) is 13.1 Å². The average molecular weight is 249 g/mol. The fourth-order valence-electron chi connectivity index (χ4n) is 1.78. The van der Waals surface area contributed by atoms with Crippen LogP contribution in [0.15, 0.2) is 35.1 Å². The van der Waals surface area contributed by atoms with E-state index in [1.165, 1.54) is 0 Å². The minimum Gasteiger partial charge on any atom is -0.467 e. The van der Waals surface area contributed by atoms with Crippen molar-refractivity contribution in [2.75, 3.05) is 11.4 Å². The van der Waals surface area contributed by atoms with Gasteiger partial charge in [-0.15, -0.1) is 0 Å². The van der Waals surface area contributed by atoms with Gasteiger partial charge >= 0.3 is 0 Å². The van der Waals surface area contributed by atoms with E-state index in [-0.39, 0.29) is 12.4 Å². The van der Waals surface area contributed by atoms with E-state index in [2.05, 4.69) is 4.98 Å². The van der Waals surface area contributed by atoms with Gasteiger partial charge in [-0.3, -0.25) is 0 Å². The molecule has 0 atom stereocenters. The molecule has 0 saturated carbocycles. The van der Waals surface area contributed by atoms with Gasteiger partial charge in [0.25, 0.3) is 0 Å². The van der Waals surface area contributed by atoms with Crippen LogP contribution in [0.5, 0.6) is 0 Å². The summed E-state index contributed by atoms with van der Waals surface area (Å²) in [5.41, 5.74) is 5.96. The minimum atomic E-state index is -0.353. The van der Waals surface area contributed by atoms with E-state index in [4.69, 9.17) is 10.2 Å². The number of nitrogens with two attached hydrogens (primary N) is 1. The third kappa shape index (κ3) is 2.51. The van der Waals surface area contributed by atoms with Crippen molar-refractivity contribution in [2.45, 2.75) is 20.0 Å². The van der Waals surface area contributed by atoms with Crippen LogP contribution in [0.1, 0.15) is 18.2 Å². The highest BCUT2D eigenvalue weighted by molar-refractivity contribution is 5.43. The molecule has 0 aliphatic carbocycles. The summed E-state index contributed by atoms with van der Waals surface area (Å²) in [7, 11) is 0. The summed E-state index contributed by atoms with van der Waals surface area (Å²) in [4.78, 5) is 5.91. The van der Waals surface area contributed by atoms with Gasteiger partial charge in [0.2, 0.25) is 0 Å². The van der Waals surface area contributed by atoms with Crippen LogP contribution in [0.4, 0.5) is 10.2 Å². The normalized spacial score (nSPS) is 10.6. The monoisotopic (exact) mass is 249 g/mol. The molecular weight excluding hydrogens is 233 g/mol. The third-order valence-corrected chi connectivity index (χ3v) is 2.78. The number of halogens is 1. The molecule has 96 valence electrons. The van der Waals surface area contributed by atoms with Crippen molar-refractivity contribution in [1.82, 2.24) is 4.98 Å². The molecule has 0 saturated heterocycles. The zero-order valence-corrected chi connectivity index (χ0v) is 10.3. The second kappa shape index (κ2) is 5.64. The molecule has 18 heavy (non-hydrogen) atoms. The number of nitrogens with zero attached hydrogens (tertiary/aromatic N) is 2. The number of aromatic nitrogens is 1. The van der Waals surface area contributed by atoms with Gasteiger partial charge in [0, 0.05) is 24.8 Å². The molecule has 5 heteroatoms. The number of hydrogen-bond acceptors (Lipinski definition) is 4. The molecule has 2 aromatic rings. The van der Waals surface area contributed by atoms with Crippen LogP contribution in [0, 0.1) is 5.82 Å². The summed E-state index contributed by atoms with van der Waals surface area (Å²) in [6.07, 6.45) is 3.18. The first-order chi connectivity index (χ1) is 8.76. The average Bonchev–Trinajstić information content (AvgIpc) is 2.89. The quantitative estimate of drug-likeness (QED) is 0.883. The summed E-state index contributed by atoms with van der Waals surface area (Å²) in [6.45, 7) is 3.24. The Labute approximate surface area is 105 Å². The van der Waals surface area contributed by atoms with Crippen molar-refractivity contribution >= 4 is 5.82 Å². The Hall–Kier alpha value is -1.88. The maximum atomic E-state index is 14.1. The molecule has 0 radical (unpaired) electrons. The van der Waals surface area contributed by atoms with Crippen molar-refractivity contribution < 1.29 is 8.81 Å². The molecule has 0 aliphatic heterocycles. The van der Waals surface area contributed by atoms with Gasteiger partial charge in [0.15, 0.2) is 11.6 Å². The fraction of sp³-hybridized carbons (Fsp3) is 0.308. The van der Waals surface area contributed by atoms with E-state index < -0.39 is 0 Å². The maximum absolute atomic E-state index is 14.1. The molecule has 2 aromatic heterocycles. The Morgan fingerprint density at radius 1 is 1.44 bits per heavy atom. The van der Waals surface area contributed by atoms with Gasteiger partial charge in [-0.2, -0.15) is 0 Å². The Bertz CT molecular complexity index is 499. The SMILES string of the molecule is CCN(Cc1ccco1)c1nccc(CN)c1F. The summed E-state index contributed by atoms with van der Waals surface area (Å²) in [6, 6.07) is 5.26. The summed E-state index contributed by atoms with van der Waals surface area (Å²) in [5.74, 6) is 0.737. The topological polar surface area (TPSA) is 55.3 Å². The van der Waals surface area contributed by atoms with Gasteiger partial charge < -0.3 is 15.1 Å². The minimum absolute atomic E-state index is 0.166. The standard InChI is InChI=1S/C13H16FN3O/c1-2-17(9-11-4-3-7-18-11)13-12(14)10(8-15)5-6-16-13/h3-7H,2,8-9,15H2,1H3. The van der Waals surface area contributed by atoms with Gasteiger partial charge in [0.05, 0.1) is 12.8 Å². The van der Waals surface area contributed by atoms with E-state index in [1.54, 1.807) is 18.5 Å². The molecule has 0 spiro atoms. The highest BCUT2D eigenvalue weighted by Gasteiger charge is 2.15. The van der Waals surface area contributed by atoms with Crippen LogP contribution in [0.2, 0.25) is 0 Å². The van der Waals surface area contributed by atoms with Crippen molar-refractivity contribution in [2.24, 2.45) is 5.73 Å². The van der Waals surface area contributed by atoms with E-state index in [9.17, 15) is 4.39 Å². The van der Waals surface area contributed by atoms with Crippen LogP contribution in [0.3, 0.4) is 0 Å². The van der Waals surface area contributed by atoms with Crippen molar-refractivity contribution in [1.29, 1.82) is 0 Å². The number of furan rings is 1. The number of pyridine rings is 1. The number of rotatable bonds is 5. The smallest absolute Gasteiger partial charge is 0.170 e. The summed E-state index contributed by atoms with van der Waals surface area (Å²) < 4.78 is 19.4. The van der Waals surface area contributed by atoms with E-state index in [0.717, 1.165) is 5.76 Å². The molecule has 2 rings (SSSR count). The highest BCUT2D eigenvalue weighted by Crippen LogP contribution is 2.21. The Kier molecular flexibility index (Phi) is 3.94. The van der Waals surface area contributed by atoms with Crippen LogP contribution >= 0.6 is 0 Å². The van der Waals surface area contributed by atoms with Crippen LogP contribution in [-0.4, -0.2) is 11.5 Å². The molecule has 0 unspecified atom stereocenters. The molecule has 4 nitrogen and oxygen atoms in total. The van der Waals surface area contributed by atoms with Gasteiger partial charge in [-0.25, -0.2) is 9.37 Å². The zero-order chi connectivity index (χ0) is 13.0. The predicted octanol–water partition coefficient (Wildman–Crippen LogP) is 2.30. The van der Waals surface area contributed by atoms with E-state index >= 15 is 0 Å². The molecule has 2 heterocycles. The largest absolute Gasteiger partial charge is 0.467 e. The Morgan fingerprint density at radius 3 is 2.89 bits per heavy atom. The lowest BCUT2D eigenvalue weighted by Crippen LogP contribution is -2.24. The number of hydrogen-bond donors (Lipinski definition) is 1. The van der Waals surface area contributed by atoms with Crippen LogP contribution < -0.4 is 10.6 Å². The first-order valence-corrected chi connectivity index (χ1v) is 5.87. The molecule has 2 N–H and O–H groups in total. The molecule has 0 bridgehead atoms. The molecule has 0 fully saturated rings. The molecule has 0 aromatic carbocycles. The zero-order valence-electron chi connectivity index (χ0n) is 10.3. The van der Waals surface area contributed by atoms with Crippen molar-refractivity contribution in [3.63, 3.8) is 0 Å². The molecule has 0 aliphatic rings. The predicted molar refractivity (Wildman–Crippen MR) is 67.5 cm³/mol. The third-order valence-electron chi connectivity index (χ3n) is 2.78. The molecule has 0 amide bonds. The lowest BCUT2D eigenvalue weighted by molar-refractivity contribution is 0.499. The van der Waals surface area contributed by atoms with Gasteiger partial charge in [-0.05, 0) is 25.1 Å².